The number of aryl methyl sites for hydroxylation is 2. The summed E-state index contributed by atoms with van der Waals surface area (Å²) in [6.07, 6.45) is 7.08. The Morgan fingerprint density at radius 3 is 3.06 bits per heavy atom. The van der Waals surface area contributed by atoms with E-state index in [-0.39, 0.29) is 6.04 Å². The summed E-state index contributed by atoms with van der Waals surface area (Å²) < 4.78 is 0. The van der Waals surface area contributed by atoms with Crippen LogP contribution in [-0.4, -0.2) is 16.7 Å². The summed E-state index contributed by atoms with van der Waals surface area (Å²) in [5.41, 5.74) is 1.07. The fourth-order valence-corrected chi connectivity index (χ4v) is 4.38. The van der Waals surface area contributed by atoms with Crippen molar-refractivity contribution >= 4 is 11.3 Å². The molecule has 0 aliphatic heterocycles. The highest BCUT2D eigenvalue weighted by Gasteiger charge is 2.36. The molecule has 1 aromatic heterocycles. The standard InChI is InChI=1S/C14H21NOS/c1-14(16)7-3-6-13(14)15-9-11-8-10-4-2-5-12(10)17-11/h8,13,15-16H,2-7,9H2,1H3. The molecule has 2 N–H and O–H groups in total. The predicted octanol–water partition coefficient (Wildman–Crippen LogP) is 2.63. The first-order valence-electron chi connectivity index (χ1n) is 6.71. The predicted molar refractivity (Wildman–Crippen MR) is 71.4 cm³/mol. The molecular formula is C14H21NOS. The Balaban J connectivity index is 1.60. The van der Waals surface area contributed by atoms with Gasteiger partial charge in [-0.2, -0.15) is 0 Å². The Bertz CT molecular complexity index is 389. The molecule has 17 heavy (non-hydrogen) atoms. The third-order valence-electron chi connectivity index (χ3n) is 4.25. The summed E-state index contributed by atoms with van der Waals surface area (Å²) in [7, 11) is 0. The fourth-order valence-electron chi connectivity index (χ4n) is 3.17. The molecule has 2 nitrogen and oxygen atoms in total. The molecular weight excluding hydrogens is 230 g/mol. The Kier molecular flexibility index (Phi) is 3.01. The number of rotatable bonds is 3. The Hall–Kier alpha value is -0.380. The lowest BCUT2D eigenvalue weighted by Crippen LogP contribution is -2.43. The van der Waals surface area contributed by atoms with Crippen molar-refractivity contribution in [3.8, 4) is 0 Å². The van der Waals surface area contributed by atoms with E-state index in [0.717, 1.165) is 25.8 Å². The van der Waals surface area contributed by atoms with Gasteiger partial charge >= 0.3 is 0 Å². The van der Waals surface area contributed by atoms with Crippen LogP contribution in [-0.2, 0) is 19.4 Å². The van der Waals surface area contributed by atoms with E-state index in [0.29, 0.717) is 0 Å². The number of hydrogen-bond acceptors (Lipinski definition) is 3. The second kappa shape index (κ2) is 4.38. The number of hydrogen-bond donors (Lipinski definition) is 2. The molecule has 0 aromatic carbocycles. The lowest BCUT2D eigenvalue weighted by atomic mass is 10.0. The lowest BCUT2D eigenvalue weighted by Gasteiger charge is -2.26. The SMILES string of the molecule is CC1(O)CCCC1NCc1cc2c(s1)CCC2. The molecule has 0 spiro atoms. The normalized spacial score (nSPS) is 32.0. The molecule has 1 heterocycles. The van der Waals surface area contributed by atoms with Gasteiger partial charge in [0.15, 0.2) is 0 Å². The maximum atomic E-state index is 10.2. The Morgan fingerprint density at radius 2 is 2.35 bits per heavy atom. The monoisotopic (exact) mass is 251 g/mol. The van der Waals surface area contributed by atoms with Crippen LogP contribution >= 0.6 is 11.3 Å². The molecule has 0 amide bonds. The zero-order chi connectivity index (χ0) is 11.9. The zero-order valence-electron chi connectivity index (χ0n) is 10.5. The van der Waals surface area contributed by atoms with Crippen LogP contribution in [0, 0.1) is 0 Å². The number of thiophene rings is 1. The molecule has 3 heteroatoms. The van der Waals surface area contributed by atoms with Gasteiger partial charge in [0.05, 0.1) is 5.60 Å². The summed E-state index contributed by atoms with van der Waals surface area (Å²) in [6.45, 7) is 2.89. The largest absolute Gasteiger partial charge is 0.389 e. The van der Waals surface area contributed by atoms with Crippen LogP contribution in [0.5, 0.6) is 0 Å². The summed E-state index contributed by atoms with van der Waals surface area (Å²) in [5, 5.41) is 13.7. The topological polar surface area (TPSA) is 32.3 Å². The molecule has 0 radical (unpaired) electrons. The van der Waals surface area contributed by atoms with Gasteiger partial charge < -0.3 is 10.4 Å². The van der Waals surface area contributed by atoms with Gasteiger partial charge in [0, 0.05) is 22.3 Å². The average molecular weight is 251 g/mol. The smallest absolute Gasteiger partial charge is 0.0772 e. The number of fused-ring (bicyclic) bond motifs is 1. The molecule has 3 rings (SSSR count). The van der Waals surface area contributed by atoms with Crippen molar-refractivity contribution in [3.63, 3.8) is 0 Å². The summed E-state index contributed by atoms with van der Waals surface area (Å²) >= 11 is 1.96. The van der Waals surface area contributed by atoms with Gasteiger partial charge in [0.2, 0.25) is 0 Å². The van der Waals surface area contributed by atoms with Crippen molar-refractivity contribution in [2.24, 2.45) is 0 Å². The maximum absolute atomic E-state index is 10.2. The fraction of sp³-hybridized carbons (Fsp3) is 0.714. The van der Waals surface area contributed by atoms with E-state index in [2.05, 4.69) is 11.4 Å². The van der Waals surface area contributed by atoms with Crippen LogP contribution in [0.1, 0.15) is 47.9 Å². The highest BCUT2D eigenvalue weighted by molar-refractivity contribution is 7.12. The first kappa shape index (κ1) is 11.7. The van der Waals surface area contributed by atoms with Gasteiger partial charge in [-0.05, 0) is 57.1 Å². The maximum Gasteiger partial charge on any atom is 0.0772 e. The first-order chi connectivity index (χ1) is 8.15. The summed E-state index contributed by atoms with van der Waals surface area (Å²) in [6, 6.07) is 2.64. The number of aliphatic hydroxyl groups is 1. The Morgan fingerprint density at radius 1 is 1.47 bits per heavy atom. The zero-order valence-corrected chi connectivity index (χ0v) is 11.3. The van der Waals surface area contributed by atoms with Crippen molar-refractivity contribution in [2.45, 2.75) is 63.6 Å². The van der Waals surface area contributed by atoms with Crippen LogP contribution in [0.4, 0.5) is 0 Å². The minimum atomic E-state index is -0.500. The molecule has 2 atom stereocenters. The highest BCUT2D eigenvalue weighted by atomic mass is 32.1. The van der Waals surface area contributed by atoms with Crippen molar-refractivity contribution in [1.82, 2.24) is 5.32 Å². The Labute approximate surface area is 107 Å². The molecule has 94 valence electrons. The minimum absolute atomic E-state index is 0.277. The average Bonchev–Trinajstić information content (AvgIpc) is 2.88. The van der Waals surface area contributed by atoms with Crippen molar-refractivity contribution in [1.29, 1.82) is 0 Å². The summed E-state index contributed by atoms with van der Waals surface area (Å²) in [4.78, 5) is 3.04. The quantitative estimate of drug-likeness (QED) is 0.865. The van der Waals surface area contributed by atoms with Crippen molar-refractivity contribution in [2.75, 3.05) is 0 Å². The van der Waals surface area contributed by atoms with Crippen molar-refractivity contribution in [3.05, 3.63) is 21.4 Å². The van der Waals surface area contributed by atoms with Gasteiger partial charge in [-0.3, -0.25) is 0 Å². The molecule has 1 fully saturated rings. The van der Waals surface area contributed by atoms with Gasteiger partial charge in [0.25, 0.3) is 0 Å². The van der Waals surface area contributed by atoms with Crippen LogP contribution in [0.25, 0.3) is 0 Å². The molecule has 2 aliphatic rings. The van der Waals surface area contributed by atoms with Gasteiger partial charge in [-0.25, -0.2) is 0 Å². The van der Waals surface area contributed by atoms with Gasteiger partial charge in [-0.15, -0.1) is 11.3 Å². The lowest BCUT2D eigenvalue weighted by molar-refractivity contribution is 0.0388. The van der Waals surface area contributed by atoms with E-state index in [1.807, 2.05) is 18.3 Å². The van der Waals surface area contributed by atoms with Gasteiger partial charge in [0.1, 0.15) is 0 Å². The van der Waals surface area contributed by atoms with E-state index in [1.54, 1.807) is 10.4 Å². The van der Waals surface area contributed by atoms with Crippen molar-refractivity contribution < 1.29 is 5.11 Å². The highest BCUT2D eigenvalue weighted by Crippen LogP contribution is 2.32. The van der Waals surface area contributed by atoms with Crippen LogP contribution < -0.4 is 5.32 Å². The third-order valence-corrected chi connectivity index (χ3v) is 5.48. The van der Waals surface area contributed by atoms with E-state index in [1.165, 1.54) is 24.1 Å². The molecule has 1 aromatic rings. The van der Waals surface area contributed by atoms with Crippen LogP contribution in [0.2, 0.25) is 0 Å². The molecule has 0 saturated heterocycles. The van der Waals surface area contributed by atoms with Crippen LogP contribution in [0.15, 0.2) is 6.07 Å². The molecule has 2 unspecified atom stereocenters. The number of nitrogens with one attached hydrogen (secondary N) is 1. The van der Waals surface area contributed by atoms with E-state index >= 15 is 0 Å². The minimum Gasteiger partial charge on any atom is -0.389 e. The van der Waals surface area contributed by atoms with E-state index in [4.69, 9.17) is 0 Å². The van der Waals surface area contributed by atoms with E-state index < -0.39 is 5.60 Å². The molecule has 1 saturated carbocycles. The molecule has 0 bridgehead atoms. The van der Waals surface area contributed by atoms with Gasteiger partial charge in [-0.1, -0.05) is 0 Å². The third kappa shape index (κ3) is 2.28. The molecule has 2 aliphatic carbocycles. The van der Waals surface area contributed by atoms with Crippen LogP contribution in [0.3, 0.4) is 0 Å². The summed E-state index contributed by atoms with van der Waals surface area (Å²) in [5.74, 6) is 0. The van der Waals surface area contributed by atoms with E-state index in [9.17, 15) is 5.11 Å². The second-order valence-corrected chi connectivity index (χ2v) is 6.92. The second-order valence-electron chi connectivity index (χ2n) is 5.70. The first-order valence-corrected chi connectivity index (χ1v) is 7.53.